The fourth-order valence-electron chi connectivity index (χ4n) is 2.67. The molecule has 0 unspecified atom stereocenters. The van der Waals surface area contributed by atoms with Crippen LogP contribution in [0.5, 0.6) is 0 Å². The Labute approximate surface area is 166 Å². The van der Waals surface area contributed by atoms with Crippen LogP contribution in [0.1, 0.15) is 43.5 Å². The van der Waals surface area contributed by atoms with Gasteiger partial charge >= 0.3 is 0 Å². The number of thiazole rings is 1. The monoisotopic (exact) mass is 400 g/mol. The van der Waals surface area contributed by atoms with Gasteiger partial charge in [0, 0.05) is 17.7 Å². The van der Waals surface area contributed by atoms with Crippen molar-refractivity contribution in [1.82, 2.24) is 20.1 Å². The normalized spacial score (nSPS) is 11.2. The quantitative estimate of drug-likeness (QED) is 0.705. The van der Waals surface area contributed by atoms with E-state index in [2.05, 4.69) is 15.4 Å². The van der Waals surface area contributed by atoms with E-state index in [1.807, 2.05) is 27.7 Å². The maximum atomic E-state index is 14.5. The molecule has 0 aliphatic heterocycles. The van der Waals surface area contributed by atoms with Crippen molar-refractivity contribution in [2.45, 2.75) is 39.8 Å². The summed E-state index contributed by atoms with van der Waals surface area (Å²) in [5.74, 6) is -0.775. The van der Waals surface area contributed by atoms with E-state index in [4.69, 9.17) is 0 Å². The Morgan fingerprint density at radius 3 is 2.50 bits per heavy atom. The molecule has 3 rings (SSSR count). The molecule has 6 nitrogen and oxygen atoms in total. The first-order chi connectivity index (χ1) is 13.3. The van der Waals surface area contributed by atoms with Gasteiger partial charge in [-0.15, -0.1) is 11.3 Å². The average molecular weight is 400 g/mol. The highest BCUT2D eigenvalue weighted by Gasteiger charge is 2.23. The minimum atomic E-state index is -0.443. The van der Waals surface area contributed by atoms with Crippen LogP contribution in [0.25, 0.3) is 21.8 Å². The lowest BCUT2D eigenvalue weighted by Gasteiger charge is -2.10. The van der Waals surface area contributed by atoms with Crippen LogP contribution in [0.15, 0.2) is 41.2 Å². The minimum Gasteiger partial charge on any atom is -0.348 e. The first-order valence-corrected chi connectivity index (χ1v) is 9.76. The van der Waals surface area contributed by atoms with Gasteiger partial charge in [0.15, 0.2) is 5.01 Å². The number of nitrogens with zero attached hydrogens (tertiary/aromatic N) is 3. The fourth-order valence-corrected chi connectivity index (χ4v) is 3.61. The van der Waals surface area contributed by atoms with E-state index in [-0.39, 0.29) is 34.1 Å². The van der Waals surface area contributed by atoms with Gasteiger partial charge in [0.2, 0.25) is 0 Å². The maximum absolute atomic E-state index is 14.5. The van der Waals surface area contributed by atoms with E-state index in [1.165, 1.54) is 16.8 Å². The molecule has 146 valence electrons. The molecule has 1 N–H and O–H groups in total. The Hall–Kier alpha value is -2.87. The van der Waals surface area contributed by atoms with Crippen LogP contribution >= 0.6 is 11.3 Å². The molecule has 0 bridgehead atoms. The van der Waals surface area contributed by atoms with Gasteiger partial charge in [-0.1, -0.05) is 12.1 Å². The van der Waals surface area contributed by atoms with E-state index in [9.17, 15) is 14.0 Å². The van der Waals surface area contributed by atoms with Crippen molar-refractivity contribution in [1.29, 1.82) is 0 Å². The van der Waals surface area contributed by atoms with Crippen molar-refractivity contribution < 1.29 is 9.18 Å². The van der Waals surface area contributed by atoms with Crippen LogP contribution in [0.2, 0.25) is 0 Å². The van der Waals surface area contributed by atoms with Crippen molar-refractivity contribution in [2.24, 2.45) is 0 Å². The highest BCUT2D eigenvalue weighted by molar-refractivity contribution is 7.17. The summed E-state index contributed by atoms with van der Waals surface area (Å²) in [6, 6.07) is 9.04. The largest absolute Gasteiger partial charge is 0.348 e. The Kier molecular flexibility index (Phi) is 5.69. The molecule has 8 heteroatoms. The summed E-state index contributed by atoms with van der Waals surface area (Å²) in [6.07, 6.45) is 0. The molecule has 3 aromatic rings. The summed E-state index contributed by atoms with van der Waals surface area (Å²) in [4.78, 5) is 29.5. The molecular weight excluding hydrogens is 379 g/mol. The van der Waals surface area contributed by atoms with Crippen LogP contribution < -0.4 is 10.9 Å². The van der Waals surface area contributed by atoms with Crippen molar-refractivity contribution in [3.8, 4) is 21.8 Å². The van der Waals surface area contributed by atoms with Gasteiger partial charge in [0.25, 0.3) is 11.5 Å². The Bertz CT molecular complexity index is 1070. The molecule has 1 amide bonds. The second kappa shape index (κ2) is 8.02. The first kappa shape index (κ1) is 19.9. The molecule has 0 saturated carbocycles. The van der Waals surface area contributed by atoms with Crippen LogP contribution in [0.3, 0.4) is 0 Å². The van der Waals surface area contributed by atoms with Crippen LogP contribution in [-0.2, 0) is 0 Å². The number of aromatic nitrogens is 3. The molecule has 0 spiro atoms. The standard InChI is InChI=1S/C20H21FN4O2S/c1-11(2)22-19(27)20-23-17(13-7-5-6-8-14(13)21)18(28-20)15-9-10-16(26)25(24-15)12(3)4/h5-12H,1-4H3,(H,22,27). The fraction of sp³-hybridized carbons (Fsp3) is 0.300. The molecule has 0 atom stereocenters. The number of hydrogen-bond donors (Lipinski definition) is 1. The zero-order valence-electron chi connectivity index (χ0n) is 16.1. The predicted octanol–water partition coefficient (Wildman–Crippen LogP) is 3.89. The van der Waals surface area contributed by atoms with Gasteiger partial charge in [-0.25, -0.2) is 14.1 Å². The summed E-state index contributed by atoms with van der Waals surface area (Å²) in [5, 5.41) is 7.42. The average Bonchev–Trinajstić information content (AvgIpc) is 3.07. The zero-order valence-corrected chi connectivity index (χ0v) is 16.9. The third-order valence-electron chi connectivity index (χ3n) is 3.92. The number of nitrogens with one attached hydrogen (secondary N) is 1. The van der Waals surface area contributed by atoms with Crippen LogP contribution in [0.4, 0.5) is 4.39 Å². The third kappa shape index (κ3) is 4.01. The number of hydrogen-bond acceptors (Lipinski definition) is 5. The Morgan fingerprint density at radius 1 is 1.14 bits per heavy atom. The van der Waals surface area contributed by atoms with Gasteiger partial charge in [-0.2, -0.15) is 5.10 Å². The third-order valence-corrected chi connectivity index (χ3v) is 4.99. The number of benzene rings is 1. The maximum Gasteiger partial charge on any atom is 0.280 e. The summed E-state index contributed by atoms with van der Waals surface area (Å²) < 4.78 is 15.8. The summed E-state index contributed by atoms with van der Waals surface area (Å²) in [5.41, 5.74) is 0.848. The molecular formula is C20H21FN4O2S. The van der Waals surface area contributed by atoms with Gasteiger partial charge < -0.3 is 5.32 Å². The van der Waals surface area contributed by atoms with E-state index in [0.717, 1.165) is 11.3 Å². The van der Waals surface area contributed by atoms with Crippen LogP contribution in [0, 0.1) is 5.82 Å². The topological polar surface area (TPSA) is 76.9 Å². The second-order valence-electron chi connectivity index (χ2n) is 6.90. The second-order valence-corrected chi connectivity index (χ2v) is 7.90. The molecule has 2 aromatic heterocycles. The lowest BCUT2D eigenvalue weighted by molar-refractivity contribution is 0.0943. The minimum absolute atomic E-state index is 0.0577. The van der Waals surface area contributed by atoms with Crippen molar-refractivity contribution in [2.75, 3.05) is 0 Å². The lowest BCUT2D eigenvalue weighted by atomic mass is 10.1. The Morgan fingerprint density at radius 2 is 1.86 bits per heavy atom. The number of halogens is 1. The first-order valence-electron chi connectivity index (χ1n) is 8.94. The van der Waals surface area contributed by atoms with E-state index < -0.39 is 5.82 Å². The molecule has 0 aliphatic carbocycles. The highest BCUT2D eigenvalue weighted by atomic mass is 32.1. The number of carbonyl (C=O) groups is 1. The smallest absolute Gasteiger partial charge is 0.280 e. The SMILES string of the molecule is CC(C)NC(=O)c1nc(-c2ccccc2F)c(-c2ccc(=O)n(C(C)C)n2)s1. The lowest BCUT2D eigenvalue weighted by Crippen LogP contribution is -2.29. The summed E-state index contributed by atoms with van der Waals surface area (Å²) in [6.45, 7) is 7.41. The highest BCUT2D eigenvalue weighted by Crippen LogP contribution is 2.36. The molecule has 0 radical (unpaired) electrons. The van der Waals surface area contributed by atoms with E-state index in [1.54, 1.807) is 24.3 Å². The summed E-state index contributed by atoms with van der Waals surface area (Å²) >= 11 is 1.12. The number of amides is 1. The molecule has 0 saturated heterocycles. The van der Waals surface area contributed by atoms with Crippen molar-refractivity contribution in [3.63, 3.8) is 0 Å². The Balaban J connectivity index is 2.21. The van der Waals surface area contributed by atoms with Gasteiger partial charge in [0.05, 0.1) is 16.6 Å². The van der Waals surface area contributed by atoms with Gasteiger partial charge in [0.1, 0.15) is 11.5 Å². The molecule has 0 aliphatic rings. The van der Waals surface area contributed by atoms with E-state index >= 15 is 0 Å². The molecule has 28 heavy (non-hydrogen) atoms. The predicted molar refractivity (Wildman–Crippen MR) is 108 cm³/mol. The van der Waals surface area contributed by atoms with Crippen LogP contribution in [-0.4, -0.2) is 26.7 Å². The summed E-state index contributed by atoms with van der Waals surface area (Å²) in [7, 11) is 0. The number of rotatable bonds is 5. The van der Waals surface area contributed by atoms with Crippen molar-refractivity contribution in [3.05, 3.63) is 57.6 Å². The molecule has 1 aromatic carbocycles. The number of carbonyl (C=O) groups excluding carboxylic acids is 1. The zero-order chi connectivity index (χ0) is 20.4. The van der Waals surface area contributed by atoms with E-state index in [0.29, 0.717) is 16.3 Å². The van der Waals surface area contributed by atoms with Gasteiger partial charge in [-0.05, 0) is 45.9 Å². The van der Waals surface area contributed by atoms with Gasteiger partial charge in [-0.3, -0.25) is 9.59 Å². The molecule has 2 heterocycles. The molecule has 0 fully saturated rings. The van der Waals surface area contributed by atoms with Crippen molar-refractivity contribution >= 4 is 17.2 Å².